The largest absolute Gasteiger partial charge is 0.497 e. The van der Waals surface area contributed by atoms with Gasteiger partial charge in [0.15, 0.2) is 5.69 Å². The first-order valence-electron chi connectivity index (χ1n) is 8.54. The zero-order valence-electron chi connectivity index (χ0n) is 15.6. The van der Waals surface area contributed by atoms with Crippen LogP contribution in [0.15, 0.2) is 53.3 Å². The van der Waals surface area contributed by atoms with Crippen molar-refractivity contribution in [2.24, 2.45) is 7.05 Å². The van der Waals surface area contributed by atoms with Crippen LogP contribution < -0.4 is 20.3 Å². The van der Waals surface area contributed by atoms with Gasteiger partial charge in [0, 0.05) is 19.2 Å². The van der Waals surface area contributed by atoms with Crippen molar-refractivity contribution in [3.8, 4) is 11.5 Å². The summed E-state index contributed by atoms with van der Waals surface area (Å²) in [6.07, 6.45) is 0. The molecule has 2 heterocycles. The molecule has 4 aromatic rings. The standard InChI is InChI=1S/C20H18N4O4/c1-23-15-6-4-5-7-16(15)24-17(20(23)26)11-14(22-24)19(25)21-13-9-8-12(27-2)10-18(13)28-3/h4-11H,1-3H3,(H,21,25). The van der Waals surface area contributed by atoms with E-state index in [2.05, 4.69) is 10.4 Å². The molecule has 1 amide bonds. The third-order valence-corrected chi connectivity index (χ3v) is 4.59. The maximum Gasteiger partial charge on any atom is 0.276 e. The normalized spacial score (nSPS) is 11.0. The van der Waals surface area contributed by atoms with Gasteiger partial charge in [0.2, 0.25) is 0 Å². The van der Waals surface area contributed by atoms with Gasteiger partial charge in [0.05, 0.1) is 30.9 Å². The molecule has 2 aromatic heterocycles. The molecule has 0 aliphatic rings. The monoisotopic (exact) mass is 378 g/mol. The van der Waals surface area contributed by atoms with Gasteiger partial charge in [0.1, 0.15) is 17.0 Å². The lowest BCUT2D eigenvalue weighted by Crippen LogP contribution is -2.19. The van der Waals surface area contributed by atoms with E-state index in [9.17, 15) is 9.59 Å². The first-order chi connectivity index (χ1) is 13.5. The van der Waals surface area contributed by atoms with Gasteiger partial charge in [-0.1, -0.05) is 12.1 Å². The second-order valence-corrected chi connectivity index (χ2v) is 6.20. The summed E-state index contributed by atoms with van der Waals surface area (Å²) < 4.78 is 13.5. The van der Waals surface area contributed by atoms with Gasteiger partial charge in [-0.2, -0.15) is 5.10 Å². The molecule has 1 N–H and O–H groups in total. The summed E-state index contributed by atoms with van der Waals surface area (Å²) in [6, 6.07) is 13.9. The van der Waals surface area contributed by atoms with Crippen LogP contribution in [0, 0.1) is 0 Å². The summed E-state index contributed by atoms with van der Waals surface area (Å²) >= 11 is 0. The fourth-order valence-electron chi connectivity index (χ4n) is 3.12. The van der Waals surface area contributed by atoms with E-state index in [1.807, 2.05) is 24.3 Å². The van der Waals surface area contributed by atoms with Crippen LogP contribution in [0.3, 0.4) is 0 Å². The number of benzene rings is 2. The second-order valence-electron chi connectivity index (χ2n) is 6.20. The molecule has 0 fully saturated rings. The highest BCUT2D eigenvalue weighted by Gasteiger charge is 2.17. The van der Waals surface area contributed by atoms with Gasteiger partial charge < -0.3 is 19.4 Å². The summed E-state index contributed by atoms with van der Waals surface area (Å²) in [5.41, 5.74) is 2.17. The Morgan fingerprint density at radius 3 is 2.46 bits per heavy atom. The number of fused-ring (bicyclic) bond motifs is 3. The van der Waals surface area contributed by atoms with Crippen LogP contribution in [0.25, 0.3) is 16.6 Å². The number of rotatable bonds is 4. The molecule has 0 saturated carbocycles. The predicted octanol–water partition coefficient (Wildman–Crippen LogP) is 2.46. The van der Waals surface area contributed by atoms with E-state index in [-0.39, 0.29) is 11.3 Å². The lowest BCUT2D eigenvalue weighted by atomic mass is 10.2. The number of ether oxygens (including phenoxy) is 2. The SMILES string of the molecule is COc1ccc(NC(=O)c2cc3c(=O)n(C)c4ccccc4n3n2)c(OC)c1. The smallest absolute Gasteiger partial charge is 0.276 e. The van der Waals surface area contributed by atoms with E-state index in [4.69, 9.17) is 9.47 Å². The van der Waals surface area contributed by atoms with Crippen LogP contribution in [0.1, 0.15) is 10.5 Å². The zero-order chi connectivity index (χ0) is 19.8. The van der Waals surface area contributed by atoms with Crippen molar-refractivity contribution >= 4 is 28.1 Å². The molecule has 0 saturated heterocycles. The zero-order valence-corrected chi connectivity index (χ0v) is 15.6. The number of anilines is 1. The quantitative estimate of drug-likeness (QED) is 0.589. The third-order valence-electron chi connectivity index (χ3n) is 4.59. The molecular formula is C20H18N4O4. The Labute approximate surface area is 159 Å². The molecule has 28 heavy (non-hydrogen) atoms. The van der Waals surface area contributed by atoms with Gasteiger partial charge >= 0.3 is 0 Å². The average Bonchev–Trinajstić information content (AvgIpc) is 3.18. The molecule has 2 aromatic carbocycles. The number of para-hydroxylation sites is 2. The maximum absolute atomic E-state index is 12.8. The van der Waals surface area contributed by atoms with E-state index in [0.717, 1.165) is 11.0 Å². The number of aromatic nitrogens is 3. The molecular weight excluding hydrogens is 360 g/mol. The van der Waals surface area contributed by atoms with Gasteiger partial charge in [-0.05, 0) is 24.3 Å². The van der Waals surface area contributed by atoms with Crippen molar-refractivity contribution in [1.82, 2.24) is 14.2 Å². The number of hydrogen-bond donors (Lipinski definition) is 1. The number of nitrogens with zero attached hydrogens (tertiary/aromatic N) is 3. The lowest BCUT2D eigenvalue weighted by Gasteiger charge is -2.10. The van der Waals surface area contributed by atoms with Crippen molar-refractivity contribution in [3.05, 3.63) is 64.6 Å². The molecule has 142 valence electrons. The Kier molecular flexibility index (Phi) is 4.23. The van der Waals surface area contributed by atoms with Crippen LogP contribution in [0.2, 0.25) is 0 Å². The molecule has 0 unspecified atom stereocenters. The molecule has 0 aliphatic carbocycles. The Hall–Kier alpha value is -3.81. The van der Waals surface area contributed by atoms with Crippen LogP contribution >= 0.6 is 0 Å². The first kappa shape index (κ1) is 17.6. The summed E-state index contributed by atoms with van der Waals surface area (Å²) in [4.78, 5) is 25.4. The van der Waals surface area contributed by atoms with Crippen LogP contribution in [0.5, 0.6) is 11.5 Å². The predicted molar refractivity (Wildman–Crippen MR) is 105 cm³/mol. The maximum atomic E-state index is 12.8. The highest BCUT2D eigenvalue weighted by Crippen LogP contribution is 2.29. The number of methoxy groups -OCH3 is 2. The lowest BCUT2D eigenvalue weighted by molar-refractivity contribution is 0.102. The molecule has 8 heteroatoms. The Morgan fingerprint density at radius 2 is 1.75 bits per heavy atom. The van der Waals surface area contributed by atoms with E-state index in [1.165, 1.54) is 17.7 Å². The van der Waals surface area contributed by atoms with Crippen molar-refractivity contribution in [2.75, 3.05) is 19.5 Å². The fraction of sp³-hybridized carbons (Fsp3) is 0.150. The molecule has 4 rings (SSSR count). The van der Waals surface area contributed by atoms with E-state index < -0.39 is 5.91 Å². The average molecular weight is 378 g/mol. The van der Waals surface area contributed by atoms with Gasteiger partial charge in [-0.15, -0.1) is 0 Å². The topological polar surface area (TPSA) is 86.9 Å². The summed E-state index contributed by atoms with van der Waals surface area (Å²) in [6.45, 7) is 0. The second kappa shape index (κ2) is 6.73. The van der Waals surface area contributed by atoms with Crippen molar-refractivity contribution in [3.63, 3.8) is 0 Å². The highest BCUT2D eigenvalue weighted by atomic mass is 16.5. The molecule has 0 atom stereocenters. The Bertz CT molecular complexity index is 1270. The molecule has 0 bridgehead atoms. The molecule has 0 spiro atoms. The van der Waals surface area contributed by atoms with Crippen molar-refractivity contribution < 1.29 is 14.3 Å². The van der Waals surface area contributed by atoms with E-state index >= 15 is 0 Å². The minimum absolute atomic E-state index is 0.131. The fourth-order valence-corrected chi connectivity index (χ4v) is 3.12. The summed E-state index contributed by atoms with van der Waals surface area (Å²) in [5, 5.41) is 7.12. The number of aryl methyl sites for hydroxylation is 1. The molecule has 0 aliphatic heterocycles. The first-order valence-corrected chi connectivity index (χ1v) is 8.54. The van der Waals surface area contributed by atoms with Crippen molar-refractivity contribution in [2.45, 2.75) is 0 Å². The minimum Gasteiger partial charge on any atom is -0.497 e. The van der Waals surface area contributed by atoms with E-state index in [0.29, 0.717) is 22.7 Å². The summed E-state index contributed by atoms with van der Waals surface area (Å²) in [7, 11) is 4.75. The number of nitrogens with one attached hydrogen (secondary N) is 1. The number of amides is 1. The van der Waals surface area contributed by atoms with Crippen molar-refractivity contribution in [1.29, 1.82) is 0 Å². The number of hydrogen-bond acceptors (Lipinski definition) is 5. The number of carbonyl (C=O) groups is 1. The van der Waals surface area contributed by atoms with Gasteiger partial charge in [-0.25, -0.2) is 4.52 Å². The Balaban J connectivity index is 1.78. The van der Waals surface area contributed by atoms with Gasteiger partial charge in [0.25, 0.3) is 11.5 Å². The van der Waals surface area contributed by atoms with Gasteiger partial charge in [-0.3, -0.25) is 9.59 Å². The van der Waals surface area contributed by atoms with Crippen LogP contribution in [-0.2, 0) is 7.05 Å². The third kappa shape index (κ3) is 2.75. The highest BCUT2D eigenvalue weighted by molar-refractivity contribution is 6.04. The summed E-state index contributed by atoms with van der Waals surface area (Å²) in [5.74, 6) is 0.619. The van der Waals surface area contributed by atoms with Crippen LogP contribution in [-0.4, -0.2) is 34.3 Å². The Morgan fingerprint density at radius 1 is 1.00 bits per heavy atom. The van der Waals surface area contributed by atoms with Crippen LogP contribution in [0.4, 0.5) is 5.69 Å². The van der Waals surface area contributed by atoms with E-state index in [1.54, 1.807) is 36.9 Å². The minimum atomic E-state index is -0.446. The number of carbonyl (C=O) groups excluding carboxylic acids is 1. The molecule has 0 radical (unpaired) electrons. The molecule has 8 nitrogen and oxygen atoms in total.